The lowest BCUT2D eigenvalue weighted by atomic mass is 9.89. The van der Waals surface area contributed by atoms with Crippen molar-refractivity contribution in [1.82, 2.24) is 4.90 Å². The molecule has 1 saturated heterocycles. The second kappa shape index (κ2) is 6.16. The minimum atomic E-state index is -0.889. The van der Waals surface area contributed by atoms with Crippen LogP contribution in [0.4, 0.5) is 0 Å². The average molecular weight is 290 g/mol. The van der Waals surface area contributed by atoms with E-state index in [1.807, 2.05) is 39.0 Å². The molecule has 1 aliphatic heterocycles. The number of likely N-dealkylation sites (tertiary alicyclic amines) is 1. The first kappa shape index (κ1) is 16.0. The number of hydrogen-bond acceptors (Lipinski definition) is 4. The van der Waals surface area contributed by atoms with Crippen molar-refractivity contribution in [2.24, 2.45) is 5.73 Å². The monoisotopic (exact) mass is 290 g/mol. The summed E-state index contributed by atoms with van der Waals surface area (Å²) in [4.78, 5) is 14.6. The minimum Gasteiger partial charge on any atom is -0.459 e. The zero-order chi connectivity index (χ0) is 15.5. The molecule has 4 nitrogen and oxygen atoms in total. The van der Waals surface area contributed by atoms with Gasteiger partial charge in [-0.15, -0.1) is 0 Å². The third-order valence-electron chi connectivity index (χ3n) is 3.66. The number of piperidine rings is 1. The maximum atomic E-state index is 12.4. The molecule has 0 spiro atoms. The van der Waals surface area contributed by atoms with Gasteiger partial charge in [0.2, 0.25) is 0 Å². The first-order valence-electron chi connectivity index (χ1n) is 7.57. The van der Waals surface area contributed by atoms with E-state index in [4.69, 9.17) is 10.5 Å². The molecule has 4 heteroatoms. The van der Waals surface area contributed by atoms with Gasteiger partial charge in [-0.25, -0.2) is 4.79 Å². The number of hydrogen-bond donors (Lipinski definition) is 1. The number of rotatable bonds is 3. The standard InChI is InChI=1S/C17H26N2O2/c1-16(2,3)21-15(20)17(18)10-7-11-19(13-17)12-14-8-5-4-6-9-14/h4-6,8-9H,7,10-13,18H2,1-3H3. The number of benzene rings is 1. The van der Waals surface area contributed by atoms with Crippen LogP contribution in [0.5, 0.6) is 0 Å². The summed E-state index contributed by atoms with van der Waals surface area (Å²) in [6.45, 7) is 7.96. The molecule has 2 rings (SSSR count). The van der Waals surface area contributed by atoms with Crippen LogP contribution < -0.4 is 5.73 Å². The second-order valence-corrected chi connectivity index (χ2v) is 6.96. The number of ether oxygens (including phenoxy) is 1. The fourth-order valence-electron chi connectivity index (χ4n) is 2.70. The van der Waals surface area contributed by atoms with Crippen molar-refractivity contribution in [3.05, 3.63) is 35.9 Å². The Kier molecular flexibility index (Phi) is 4.69. The maximum absolute atomic E-state index is 12.4. The minimum absolute atomic E-state index is 0.284. The maximum Gasteiger partial charge on any atom is 0.327 e. The average Bonchev–Trinajstić information content (AvgIpc) is 2.38. The highest BCUT2D eigenvalue weighted by molar-refractivity contribution is 5.81. The Balaban J connectivity index is 2.01. The van der Waals surface area contributed by atoms with Crippen LogP contribution in [0.25, 0.3) is 0 Å². The smallest absolute Gasteiger partial charge is 0.327 e. The highest BCUT2D eigenvalue weighted by atomic mass is 16.6. The number of carbonyl (C=O) groups excluding carboxylic acids is 1. The summed E-state index contributed by atoms with van der Waals surface area (Å²) < 4.78 is 5.49. The van der Waals surface area contributed by atoms with Gasteiger partial charge in [0.15, 0.2) is 0 Å². The Labute approximate surface area is 127 Å². The predicted octanol–water partition coefficient (Wildman–Crippen LogP) is 2.32. The van der Waals surface area contributed by atoms with Crippen LogP contribution in [0.3, 0.4) is 0 Å². The topological polar surface area (TPSA) is 55.6 Å². The molecule has 0 radical (unpaired) electrons. The van der Waals surface area contributed by atoms with Crippen LogP contribution in [0.15, 0.2) is 30.3 Å². The van der Waals surface area contributed by atoms with E-state index in [2.05, 4.69) is 17.0 Å². The van der Waals surface area contributed by atoms with Crippen LogP contribution in [-0.2, 0) is 16.1 Å². The van der Waals surface area contributed by atoms with Gasteiger partial charge in [0.25, 0.3) is 0 Å². The third kappa shape index (κ3) is 4.55. The van der Waals surface area contributed by atoms with Crippen molar-refractivity contribution in [2.75, 3.05) is 13.1 Å². The highest BCUT2D eigenvalue weighted by Crippen LogP contribution is 2.24. The van der Waals surface area contributed by atoms with E-state index in [1.165, 1.54) is 5.56 Å². The van der Waals surface area contributed by atoms with E-state index in [1.54, 1.807) is 0 Å². The van der Waals surface area contributed by atoms with Gasteiger partial charge in [-0.2, -0.15) is 0 Å². The molecule has 1 heterocycles. The van der Waals surface area contributed by atoms with E-state index < -0.39 is 11.1 Å². The Morgan fingerprint density at radius 3 is 2.62 bits per heavy atom. The Morgan fingerprint density at radius 1 is 1.33 bits per heavy atom. The molecule has 1 aromatic rings. The Hall–Kier alpha value is -1.39. The fourth-order valence-corrected chi connectivity index (χ4v) is 2.70. The molecule has 1 aliphatic rings. The lowest BCUT2D eigenvalue weighted by Gasteiger charge is -2.39. The zero-order valence-electron chi connectivity index (χ0n) is 13.3. The lowest BCUT2D eigenvalue weighted by molar-refractivity contribution is -0.164. The molecule has 1 atom stereocenters. The summed E-state index contributed by atoms with van der Waals surface area (Å²) in [5.74, 6) is -0.284. The van der Waals surface area contributed by atoms with Crippen LogP contribution in [0.1, 0.15) is 39.2 Å². The van der Waals surface area contributed by atoms with Gasteiger partial charge in [-0.3, -0.25) is 4.90 Å². The SMILES string of the molecule is CC(C)(C)OC(=O)C1(N)CCCN(Cc2ccccc2)C1. The number of nitrogens with zero attached hydrogens (tertiary/aromatic N) is 1. The zero-order valence-corrected chi connectivity index (χ0v) is 13.3. The number of nitrogens with two attached hydrogens (primary N) is 1. The van der Waals surface area contributed by atoms with Crippen LogP contribution in [0.2, 0.25) is 0 Å². The number of esters is 1. The van der Waals surface area contributed by atoms with Crippen molar-refractivity contribution in [3.63, 3.8) is 0 Å². The van der Waals surface area contributed by atoms with E-state index in [0.717, 1.165) is 19.5 Å². The van der Waals surface area contributed by atoms with Gasteiger partial charge in [-0.05, 0) is 45.7 Å². The molecule has 1 fully saturated rings. The Morgan fingerprint density at radius 2 is 2.00 bits per heavy atom. The van der Waals surface area contributed by atoms with Crippen LogP contribution in [-0.4, -0.2) is 35.1 Å². The quantitative estimate of drug-likeness (QED) is 0.868. The molecule has 0 bridgehead atoms. The van der Waals surface area contributed by atoms with Crippen LogP contribution in [0, 0.1) is 0 Å². The van der Waals surface area contributed by atoms with E-state index in [0.29, 0.717) is 13.0 Å². The molecular formula is C17H26N2O2. The predicted molar refractivity (Wildman–Crippen MR) is 83.7 cm³/mol. The molecule has 0 saturated carbocycles. The summed E-state index contributed by atoms with van der Waals surface area (Å²) >= 11 is 0. The van der Waals surface area contributed by atoms with Gasteiger partial charge in [0.1, 0.15) is 11.1 Å². The molecular weight excluding hydrogens is 264 g/mol. The number of carbonyl (C=O) groups is 1. The van der Waals surface area contributed by atoms with E-state index >= 15 is 0 Å². The molecule has 0 amide bonds. The summed E-state index contributed by atoms with van der Waals surface area (Å²) in [7, 11) is 0. The summed E-state index contributed by atoms with van der Waals surface area (Å²) in [6, 6.07) is 10.3. The van der Waals surface area contributed by atoms with Gasteiger partial charge in [-0.1, -0.05) is 30.3 Å². The first-order valence-corrected chi connectivity index (χ1v) is 7.57. The largest absolute Gasteiger partial charge is 0.459 e. The third-order valence-corrected chi connectivity index (χ3v) is 3.66. The molecule has 0 aromatic heterocycles. The Bertz CT molecular complexity index is 481. The molecule has 1 aromatic carbocycles. The molecule has 21 heavy (non-hydrogen) atoms. The normalized spacial score (nSPS) is 23.8. The second-order valence-electron chi connectivity index (χ2n) is 6.96. The van der Waals surface area contributed by atoms with Crippen molar-refractivity contribution in [3.8, 4) is 0 Å². The van der Waals surface area contributed by atoms with E-state index in [9.17, 15) is 4.79 Å². The highest BCUT2D eigenvalue weighted by Gasteiger charge is 2.41. The van der Waals surface area contributed by atoms with E-state index in [-0.39, 0.29) is 5.97 Å². The van der Waals surface area contributed by atoms with Crippen molar-refractivity contribution in [2.45, 2.75) is 51.3 Å². The van der Waals surface area contributed by atoms with Crippen molar-refractivity contribution < 1.29 is 9.53 Å². The van der Waals surface area contributed by atoms with Crippen molar-refractivity contribution in [1.29, 1.82) is 0 Å². The summed E-state index contributed by atoms with van der Waals surface area (Å²) in [6.07, 6.45) is 1.61. The molecule has 1 unspecified atom stereocenters. The molecule has 116 valence electrons. The summed E-state index contributed by atoms with van der Waals surface area (Å²) in [5, 5.41) is 0. The summed E-state index contributed by atoms with van der Waals surface area (Å²) in [5.41, 5.74) is 6.20. The van der Waals surface area contributed by atoms with Gasteiger partial charge >= 0.3 is 5.97 Å². The first-order chi connectivity index (χ1) is 9.78. The molecule has 2 N–H and O–H groups in total. The lowest BCUT2D eigenvalue weighted by Crippen LogP contribution is -2.60. The van der Waals surface area contributed by atoms with Gasteiger partial charge in [0, 0.05) is 13.1 Å². The van der Waals surface area contributed by atoms with Crippen molar-refractivity contribution >= 4 is 5.97 Å². The van der Waals surface area contributed by atoms with Crippen LogP contribution >= 0.6 is 0 Å². The molecule has 0 aliphatic carbocycles. The van der Waals surface area contributed by atoms with Gasteiger partial charge in [0.05, 0.1) is 0 Å². The van der Waals surface area contributed by atoms with Gasteiger partial charge < -0.3 is 10.5 Å². The fraction of sp³-hybridized carbons (Fsp3) is 0.588.